The Bertz CT molecular complexity index is 572. The SMILES string of the molecule is CCn1oc(=O)c2ccc(C#N)cc21. The van der Waals surface area contributed by atoms with E-state index in [1.807, 2.05) is 13.0 Å². The van der Waals surface area contributed by atoms with Gasteiger partial charge in [-0.2, -0.15) is 5.26 Å². The molecule has 1 aromatic heterocycles. The van der Waals surface area contributed by atoms with Gasteiger partial charge in [0.05, 0.1) is 29.1 Å². The maximum Gasteiger partial charge on any atom is 0.365 e. The Morgan fingerprint density at radius 1 is 1.57 bits per heavy atom. The highest BCUT2D eigenvalue weighted by Crippen LogP contribution is 2.13. The number of nitrogens with zero attached hydrogens (tertiary/aromatic N) is 2. The number of aryl methyl sites for hydroxylation is 1. The average molecular weight is 188 g/mol. The molecule has 1 aromatic carbocycles. The van der Waals surface area contributed by atoms with Gasteiger partial charge in [0.15, 0.2) is 0 Å². The summed E-state index contributed by atoms with van der Waals surface area (Å²) in [5.41, 5.74) is 0.850. The molecule has 2 rings (SSSR count). The Balaban J connectivity index is 2.86. The molecule has 0 radical (unpaired) electrons. The van der Waals surface area contributed by atoms with Crippen LogP contribution in [0.1, 0.15) is 12.5 Å². The quantitative estimate of drug-likeness (QED) is 0.681. The van der Waals surface area contributed by atoms with E-state index in [1.165, 1.54) is 4.74 Å². The highest BCUT2D eigenvalue weighted by Gasteiger charge is 2.07. The van der Waals surface area contributed by atoms with Gasteiger partial charge in [0.25, 0.3) is 0 Å². The molecule has 0 saturated carbocycles. The first kappa shape index (κ1) is 8.57. The number of rotatable bonds is 1. The van der Waals surface area contributed by atoms with E-state index in [-0.39, 0.29) is 5.63 Å². The predicted octanol–water partition coefficient (Wildman–Crippen LogP) is 1.49. The van der Waals surface area contributed by atoms with Crippen molar-refractivity contribution in [3.63, 3.8) is 0 Å². The van der Waals surface area contributed by atoms with E-state index < -0.39 is 0 Å². The minimum absolute atomic E-state index is 0.355. The second kappa shape index (κ2) is 3.04. The van der Waals surface area contributed by atoms with Gasteiger partial charge in [0, 0.05) is 0 Å². The Morgan fingerprint density at radius 3 is 3.00 bits per heavy atom. The van der Waals surface area contributed by atoms with Gasteiger partial charge >= 0.3 is 5.63 Å². The topological polar surface area (TPSA) is 58.9 Å². The van der Waals surface area contributed by atoms with Crippen LogP contribution in [0.25, 0.3) is 10.9 Å². The van der Waals surface area contributed by atoms with E-state index in [2.05, 4.69) is 0 Å². The maximum atomic E-state index is 11.3. The fourth-order valence-electron chi connectivity index (χ4n) is 1.41. The molecule has 0 amide bonds. The van der Waals surface area contributed by atoms with Crippen LogP contribution in [0, 0.1) is 11.3 Å². The summed E-state index contributed by atoms with van der Waals surface area (Å²) >= 11 is 0. The number of hydrogen-bond donors (Lipinski definition) is 0. The molecule has 70 valence electrons. The summed E-state index contributed by atoms with van der Waals surface area (Å²) in [6.45, 7) is 2.45. The molecule has 0 aliphatic rings. The molecule has 0 unspecified atom stereocenters. The third kappa shape index (κ3) is 1.11. The van der Waals surface area contributed by atoms with E-state index >= 15 is 0 Å². The molecular weight excluding hydrogens is 180 g/mol. The zero-order chi connectivity index (χ0) is 10.1. The Hall–Kier alpha value is -2.02. The Kier molecular flexibility index (Phi) is 1.86. The van der Waals surface area contributed by atoms with Crippen LogP contribution >= 0.6 is 0 Å². The first-order valence-electron chi connectivity index (χ1n) is 4.30. The molecule has 0 N–H and O–H groups in total. The highest BCUT2D eigenvalue weighted by atomic mass is 16.5. The summed E-state index contributed by atoms with van der Waals surface area (Å²) < 4.78 is 6.45. The minimum atomic E-state index is -0.355. The van der Waals surface area contributed by atoms with Crippen LogP contribution in [0.5, 0.6) is 0 Å². The summed E-state index contributed by atoms with van der Waals surface area (Å²) in [5, 5.41) is 9.22. The van der Waals surface area contributed by atoms with Crippen molar-refractivity contribution in [1.29, 1.82) is 5.26 Å². The lowest BCUT2D eigenvalue weighted by Crippen LogP contribution is -1.93. The second-order valence-electron chi connectivity index (χ2n) is 2.92. The second-order valence-corrected chi connectivity index (χ2v) is 2.92. The van der Waals surface area contributed by atoms with Crippen molar-refractivity contribution in [2.45, 2.75) is 13.5 Å². The summed E-state index contributed by atoms with van der Waals surface area (Å²) in [4.78, 5) is 11.3. The monoisotopic (exact) mass is 188 g/mol. The molecule has 1 heterocycles. The van der Waals surface area contributed by atoms with Gasteiger partial charge in [-0.25, -0.2) is 9.53 Å². The molecule has 0 fully saturated rings. The van der Waals surface area contributed by atoms with Crippen LogP contribution in [0.15, 0.2) is 27.5 Å². The van der Waals surface area contributed by atoms with Crippen LogP contribution in [-0.2, 0) is 6.54 Å². The molecule has 0 saturated heterocycles. The van der Waals surface area contributed by atoms with Crippen molar-refractivity contribution in [3.05, 3.63) is 34.2 Å². The van der Waals surface area contributed by atoms with Gasteiger partial charge in [0.2, 0.25) is 0 Å². The van der Waals surface area contributed by atoms with Crippen molar-refractivity contribution < 1.29 is 4.52 Å². The number of hydrogen-bond acceptors (Lipinski definition) is 3. The summed E-state index contributed by atoms with van der Waals surface area (Å²) in [6, 6.07) is 6.91. The first-order chi connectivity index (χ1) is 6.76. The van der Waals surface area contributed by atoms with Crippen LogP contribution in [0.2, 0.25) is 0 Å². The molecule has 0 aliphatic heterocycles. The predicted molar refractivity (Wildman–Crippen MR) is 50.9 cm³/mol. The van der Waals surface area contributed by atoms with Crippen molar-refractivity contribution >= 4 is 10.9 Å². The number of benzene rings is 1. The highest BCUT2D eigenvalue weighted by molar-refractivity contribution is 5.79. The Labute approximate surface area is 79.9 Å². The summed E-state index contributed by atoms with van der Waals surface area (Å²) in [5.74, 6) is 0. The van der Waals surface area contributed by atoms with Crippen molar-refractivity contribution in [2.24, 2.45) is 0 Å². The zero-order valence-corrected chi connectivity index (χ0v) is 7.65. The first-order valence-corrected chi connectivity index (χ1v) is 4.30. The maximum absolute atomic E-state index is 11.3. The largest absolute Gasteiger partial charge is 0.365 e. The number of nitriles is 1. The molecule has 0 atom stereocenters. The summed E-state index contributed by atoms with van der Waals surface area (Å²) in [7, 11) is 0. The molecular formula is C10H8N2O2. The van der Waals surface area contributed by atoms with E-state index in [0.717, 1.165) is 0 Å². The smallest absolute Gasteiger partial charge is 0.335 e. The fourth-order valence-corrected chi connectivity index (χ4v) is 1.41. The van der Waals surface area contributed by atoms with Gasteiger partial charge in [-0.3, -0.25) is 0 Å². The van der Waals surface area contributed by atoms with E-state index in [1.54, 1.807) is 18.2 Å². The molecule has 0 bridgehead atoms. The lowest BCUT2D eigenvalue weighted by molar-refractivity contribution is 0.270. The summed E-state index contributed by atoms with van der Waals surface area (Å²) in [6.07, 6.45) is 0. The normalized spacial score (nSPS) is 10.3. The van der Waals surface area contributed by atoms with E-state index in [9.17, 15) is 4.79 Å². The van der Waals surface area contributed by atoms with Crippen molar-refractivity contribution in [3.8, 4) is 6.07 Å². The van der Waals surface area contributed by atoms with Crippen LogP contribution in [0.3, 0.4) is 0 Å². The standard InChI is InChI=1S/C10H8N2O2/c1-2-12-9-5-7(6-11)3-4-8(9)10(13)14-12/h3-5H,2H2,1H3. The van der Waals surface area contributed by atoms with Gasteiger partial charge < -0.3 is 4.52 Å². The van der Waals surface area contributed by atoms with E-state index in [4.69, 9.17) is 9.78 Å². The third-order valence-corrected chi connectivity index (χ3v) is 2.10. The Morgan fingerprint density at radius 2 is 2.36 bits per heavy atom. The zero-order valence-electron chi connectivity index (χ0n) is 7.65. The minimum Gasteiger partial charge on any atom is -0.335 e. The van der Waals surface area contributed by atoms with Gasteiger partial charge in [0.1, 0.15) is 0 Å². The number of aromatic nitrogens is 1. The van der Waals surface area contributed by atoms with Crippen LogP contribution < -0.4 is 5.63 Å². The van der Waals surface area contributed by atoms with E-state index in [0.29, 0.717) is 23.0 Å². The van der Waals surface area contributed by atoms with Gasteiger partial charge in [-0.1, -0.05) is 0 Å². The lowest BCUT2D eigenvalue weighted by atomic mass is 10.2. The molecule has 14 heavy (non-hydrogen) atoms. The van der Waals surface area contributed by atoms with Gasteiger partial charge in [-0.15, -0.1) is 0 Å². The van der Waals surface area contributed by atoms with Crippen molar-refractivity contribution in [1.82, 2.24) is 4.74 Å². The average Bonchev–Trinajstić information content (AvgIpc) is 2.55. The van der Waals surface area contributed by atoms with Crippen molar-refractivity contribution in [2.75, 3.05) is 0 Å². The number of fused-ring (bicyclic) bond motifs is 1. The van der Waals surface area contributed by atoms with Gasteiger partial charge in [-0.05, 0) is 25.1 Å². The third-order valence-electron chi connectivity index (χ3n) is 2.10. The van der Waals surface area contributed by atoms with Crippen LogP contribution in [-0.4, -0.2) is 4.74 Å². The molecule has 4 heteroatoms. The fraction of sp³-hybridized carbons (Fsp3) is 0.200. The molecule has 0 spiro atoms. The molecule has 4 nitrogen and oxygen atoms in total. The van der Waals surface area contributed by atoms with Crippen LogP contribution in [0.4, 0.5) is 0 Å². The lowest BCUT2D eigenvalue weighted by Gasteiger charge is -1.95. The molecule has 2 aromatic rings. The molecule has 0 aliphatic carbocycles.